The molecule has 1 aromatic heterocycles. The monoisotopic (exact) mass is 356 g/mol. The molecule has 0 aliphatic carbocycles. The molecule has 0 aliphatic heterocycles. The third kappa shape index (κ3) is 4.29. The van der Waals surface area contributed by atoms with Gasteiger partial charge in [0.2, 0.25) is 5.13 Å². The van der Waals surface area contributed by atoms with Crippen LogP contribution in [-0.2, 0) is 13.2 Å². The summed E-state index contributed by atoms with van der Waals surface area (Å²) in [5.74, 6) is 0. The molecule has 0 amide bonds. The maximum Gasteiger partial charge on any atom is 0.209 e. The minimum Gasteiger partial charge on any atom is -0.330 e. The molecule has 2 aromatic carbocycles. The lowest BCUT2D eigenvalue weighted by atomic mass is 10.2. The molecule has 3 rings (SSSR count). The standard InChI is InChI=1S/C18H20N4S2/c1-14-8-6-7-11-16(14)19-17-20-22(18(23)24-17)13-21(2)12-15-9-4-3-5-10-15/h3-11H,12-13H2,1-2H3,(H,19,20). The van der Waals surface area contributed by atoms with Crippen LogP contribution < -0.4 is 5.32 Å². The summed E-state index contributed by atoms with van der Waals surface area (Å²) < 4.78 is 2.63. The number of para-hydroxylation sites is 1. The molecule has 0 atom stereocenters. The number of rotatable bonds is 6. The van der Waals surface area contributed by atoms with E-state index in [4.69, 9.17) is 12.2 Å². The number of hydrogen-bond acceptors (Lipinski definition) is 5. The Bertz CT molecular complexity index is 855. The van der Waals surface area contributed by atoms with Gasteiger partial charge in [0.25, 0.3) is 0 Å². The number of anilines is 2. The van der Waals surface area contributed by atoms with Gasteiger partial charge in [0.1, 0.15) is 0 Å². The summed E-state index contributed by atoms with van der Waals surface area (Å²) in [4.78, 5) is 2.20. The average molecular weight is 357 g/mol. The van der Waals surface area contributed by atoms with E-state index in [1.54, 1.807) is 0 Å². The Balaban J connectivity index is 1.68. The molecule has 6 heteroatoms. The lowest BCUT2D eigenvalue weighted by Gasteiger charge is -2.16. The Kier molecular flexibility index (Phi) is 5.40. The first-order valence-corrected chi connectivity index (χ1v) is 8.97. The predicted molar refractivity (Wildman–Crippen MR) is 103 cm³/mol. The molecule has 124 valence electrons. The third-order valence-corrected chi connectivity index (χ3v) is 4.89. The summed E-state index contributed by atoms with van der Waals surface area (Å²) in [6, 6.07) is 18.6. The highest BCUT2D eigenvalue weighted by atomic mass is 32.1. The second-order valence-electron chi connectivity index (χ2n) is 5.75. The molecule has 0 unspecified atom stereocenters. The summed E-state index contributed by atoms with van der Waals surface area (Å²) in [6.07, 6.45) is 0. The molecular weight excluding hydrogens is 336 g/mol. The van der Waals surface area contributed by atoms with Crippen molar-refractivity contribution >= 4 is 34.4 Å². The second-order valence-corrected chi connectivity index (χ2v) is 7.38. The van der Waals surface area contributed by atoms with E-state index in [0.29, 0.717) is 6.67 Å². The molecule has 0 saturated heterocycles. The smallest absolute Gasteiger partial charge is 0.209 e. The third-order valence-electron chi connectivity index (χ3n) is 3.66. The largest absolute Gasteiger partial charge is 0.330 e. The maximum absolute atomic E-state index is 5.46. The summed E-state index contributed by atoms with van der Waals surface area (Å²) in [5, 5.41) is 8.79. The summed E-state index contributed by atoms with van der Waals surface area (Å²) in [7, 11) is 2.07. The summed E-state index contributed by atoms with van der Waals surface area (Å²) in [6.45, 7) is 3.60. The van der Waals surface area contributed by atoms with Gasteiger partial charge < -0.3 is 5.32 Å². The minimum absolute atomic E-state index is 0.666. The van der Waals surface area contributed by atoms with Crippen LogP contribution in [0.1, 0.15) is 11.1 Å². The van der Waals surface area contributed by atoms with Crippen LogP contribution in [0.3, 0.4) is 0 Å². The Morgan fingerprint density at radius 3 is 2.58 bits per heavy atom. The molecule has 0 aliphatic rings. The van der Waals surface area contributed by atoms with Crippen molar-refractivity contribution in [1.29, 1.82) is 0 Å². The molecule has 24 heavy (non-hydrogen) atoms. The first-order valence-electron chi connectivity index (χ1n) is 7.75. The van der Waals surface area contributed by atoms with Gasteiger partial charge in [-0.2, -0.15) is 0 Å². The van der Waals surface area contributed by atoms with Crippen molar-refractivity contribution < 1.29 is 0 Å². The lowest BCUT2D eigenvalue weighted by molar-refractivity contribution is 0.245. The van der Waals surface area contributed by atoms with Crippen molar-refractivity contribution in [3.63, 3.8) is 0 Å². The van der Waals surface area contributed by atoms with Crippen molar-refractivity contribution in [2.24, 2.45) is 0 Å². The SMILES string of the molecule is Cc1ccccc1Nc1nn(CN(C)Cc2ccccc2)c(=S)s1. The number of hydrogen-bond donors (Lipinski definition) is 1. The molecule has 0 spiro atoms. The van der Waals surface area contributed by atoms with Gasteiger partial charge in [-0.25, -0.2) is 4.68 Å². The second kappa shape index (κ2) is 7.70. The van der Waals surface area contributed by atoms with E-state index < -0.39 is 0 Å². The van der Waals surface area contributed by atoms with E-state index in [1.165, 1.54) is 22.5 Å². The Labute approximate surface area is 151 Å². The summed E-state index contributed by atoms with van der Waals surface area (Å²) in [5.41, 5.74) is 3.53. The van der Waals surface area contributed by atoms with Crippen LogP contribution >= 0.6 is 23.6 Å². The van der Waals surface area contributed by atoms with Crippen molar-refractivity contribution in [3.8, 4) is 0 Å². The fraction of sp³-hybridized carbons (Fsp3) is 0.222. The number of aromatic nitrogens is 2. The van der Waals surface area contributed by atoms with E-state index in [9.17, 15) is 0 Å². The Morgan fingerprint density at radius 2 is 1.83 bits per heavy atom. The van der Waals surface area contributed by atoms with Gasteiger partial charge in [-0.05, 0) is 43.4 Å². The summed E-state index contributed by atoms with van der Waals surface area (Å²) >= 11 is 6.95. The zero-order valence-corrected chi connectivity index (χ0v) is 15.4. The van der Waals surface area contributed by atoms with Gasteiger partial charge in [-0.3, -0.25) is 4.90 Å². The Morgan fingerprint density at radius 1 is 1.12 bits per heavy atom. The van der Waals surface area contributed by atoms with Gasteiger partial charge in [0.05, 0.1) is 6.67 Å². The van der Waals surface area contributed by atoms with E-state index >= 15 is 0 Å². The van der Waals surface area contributed by atoms with Crippen molar-refractivity contribution in [2.45, 2.75) is 20.1 Å². The quantitative estimate of drug-likeness (QED) is 0.642. The number of nitrogens with zero attached hydrogens (tertiary/aromatic N) is 3. The van der Waals surface area contributed by atoms with Crippen LogP contribution in [0.2, 0.25) is 0 Å². The van der Waals surface area contributed by atoms with Gasteiger partial charge >= 0.3 is 0 Å². The first-order chi connectivity index (χ1) is 11.6. The number of aryl methyl sites for hydroxylation is 1. The maximum atomic E-state index is 5.46. The number of nitrogens with one attached hydrogen (secondary N) is 1. The van der Waals surface area contributed by atoms with E-state index in [-0.39, 0.29) is 0 Å². The van der Waals surface area contributed by atoms with E-state index in [1.807, 2.05) is 28.9 Å². The average Bonchev–Trinajstić information content (AvgIpc) is 2.90. The normalized spacial score (nSPS) is 11.0. The molecule has 0 bridgehead atoms. The highest BCUT2D eigenvalue weighted by Crippen LogP contribution is 2.23. The highest BCUT2D eigenvalue weighted by molar-refractivity contribution is 7.73. The minimum atomic E-state index is 0.666. The van der Waals surface area contributed by atoms with Crippen molar-refractivity contribution in [2.75, 3.05) is 12.4 Å². The van der Waals surface area contributed by atoms with Crippen LogP contribution in [0, 0.1) is 10.9 Å². The topological polar surface area (TPSA) is 33.1 Å². The van der Waals surface area contributed by atoms with Crippen molar-refractivity contribution in [3.05, 3.63) is 69.7 Å². The van der Waals surface area contributed by atoms with Crippen LogP contribution in [0.15, 0.2) is 54.6 Å². The zero-order chi connectivity index (χ0) is 16.9. The lowest BCUT2D eigenvalue weighted by Crippen LogP contribution is -2.22. The zero-order valence-electron chi connectivity index (χ0n) is 13.8. The molecule has 1 heterocycles. The van der Waals surface area contributed by atoms with Crippen LogP contribution in [0.25, 0.3) is 0 Å². The molecule has 0 radical (unpaired) electrons. The van der Waals surface area contributed by atoms with E-state index in [0.717, 1.165) is 21.3 Å². The molecule has 0 fully saturated rings. The van der Waals surface area contributed by atoms with Gasteiger partial charge in [0, 0.05) is 12.2 Å². The fourth-order valence-corrected chi connectivity index (χ4v) is 3.45. The Hall–Kier alpha value is -2.02. The molecule has 4 nitrogen and oxygen atoms in total. The van der Waals surface area contributed by atoms with Gasteiger partial charge in [0.15, 0.2) is 3.95 Å². The van der Waals surface area contributed by atoms with Gasteiger partial charge in [-0.15, -0.1) is 5.10 Å². The van der Waals surface area contributed by atoms with E-state index in [2.05, 4.69) is 59.6 Å². The first kappa shape index (κ1) is 16.8. The molecule has 0 saturated carbocycles. The predicted octanol–water partition coefficient (Wildman–Crippen LogP) is 4.82. The number of benzene rings is 2. The molecule has 1 N–H and O–H groups in total. The fourth-order valence-electron chi connectivity index (χ4n) is 2.45. The molecular formula is C18H20N4S2. The highest BCUT2D eigenvalue weighted by Gasteiger charge is 2.08. The van der Waals surface area contributed by atoms with Gasteiger partial charge in [-0.1, -0.05) is 59.9 Å². The van der Waals surface area contributed by atoms with Crippen LogP contribution in [-0.4, -0.2) is 21.7 Å². The van der Waals surface area contributed by atoms with Crippen molar-refractivity contribution in [1.82, 2.24) is 14.7 Å². The molecule has 3 aromatic rings. The van der Waals surface area contributed by atoms with Crippen LogP contribution in [0.4, 0.5) is 10.8 Å². The van der Waals surface area contributed by atoms with Crippen LogP contribution in [0.5, 0.6) is 0 Å².